The summed E-state index contributed by atoms with van der Waals surface area (Å²) in [7, 11) is 0. The van der Waals surface area contributed by atoms with Crippen molar-refractivity contribution >= 4 is 41.7 Å². The van der Waals surface area contributed by atoms with Crippen molar-refractivity contribution in [1.82, 2.24) is 15.5 Å². The topological polar surface area (TPSA) is 48.9 Å². The largest absolute Gasteiger partial charge is 0.379 e. The zero-order valence-corrected chi connectivity index (χ0v) is 20.0. The smallest absolute Gasteiger partial charge is 0.191 e. The Morgan fingerprint density at radius 2 is 2.04 bits per heavy atom. The number of nitrogens with one attached hydrogen (secondary N) is 2. The molecular formula is C19H39IN4OS. The van der Waals surface area contributed by atoms with Crippen LogP contribution < -0.4 is 10.6 Å². The average Bonchev–Trinajstić information content (AvgIpc) is 3.11. The summed E-state index contributed by atoms with van der Waals surface area (Å²) in [5, 5.41) is 7.05. The van der Waals surface area contributed by atoms with Crippen LogP contribution >= 0.6 is 35.7 Å². The fourth-order valence-electron chi connectivity index (χ4n) is 3.66. The number of ether oxygens (including phenoxy) is 1. The van der Waals surface area contributed by atoms with Crippen molar-refractivity contribution in [3.63, 3.8) is 0 Å². The Morgan fingerprint density at radius 1 is 1.27 bits per heavy atom. The standard InChI is InChI=1S/C19H38N4OS.HI/c1-4-6-7-8-17(3)22-18(20-5-2)21-15-19(9-14-25-16-19)23-10-12-24-13-11-23;/h17H,4-16H2,1-3H3,(H2,20,21,22);1H. The lowest BCUT2D eigenvalue weighted by atomic mass is 9.96. The molecule has 0 aliphatic carbocycles. The van der Waals surface area contributed by atoms with Gasteiger partial charge in [0.1, 0.15) is 0 Å². The first-order chi connectivity index (χ1) is 12.2. The van der Waals surface area contributed by atoms with Crippen molar-refractivity contribution in [3.8, 4) is 0 Å². The van der Waals surface area contributed by atoms with E-state index < -0.39 is 0 Å². The molecule has 0 aromatic rings. The predicted molar refractivity (Wildman–Crippen MR) is 125 cm³/mol. The van der Waals surface area contributed by atoms with Crippen LogP contribution in [-0.2, 0) is 4.74 Å². The molecule has 0 radical (unpaired) electrons. The summed E-state index contributed by atoms with van der Waals surface area (Å²) in [4.78, 5) is 7.64. The summed E-state index contributed by atoms with van der Waals surface area (Å²) in [5.74, 6) is 3.43. The van der Waals surface area contributed by atoms with Crippen molar-refractivity contribution in [2.75, 3.05) is 50.9 Å². The Kier molecular flexibility index (Phi) is 12.6. The number of morpholine rings is 1. The van der Waals surface area contributed by atoms with Gasteiger partial charge >= 0.3 is 0 Å². The van der Waals surface area contributed by atoms with Gasteiger partial charge in [-0.15, -0.1) is 24.0 Å². The van der Waals surface area contributed by atoms with E-state index in [0.717, 1.165) is 45.4 Å². The second kappa shape index (κ2) is 13.4. The quantitative estimate of drug-likeness (QED) is 0.221. The first-order valence-corrected chi connectivity index (χ1v) is 11.3. The second-order valence-electron chi connectivity index (χ2n) is 7.36. The van der Waals surface area contributed by atoms with Gasteiger partial charge in [0, 0.05) is 31.4 Å². The van der Waals surface area contributed by atoms with Crippen molar-refractivity contribution in [2.24, 2.45) is 4.99 Å². The Labute approximate surface area is 181 Å². The molecule has 0 aromatic carbocycles. The number of thioether (sulfide) groups is 1. The molecule has 2 atom stereocenters. The fourth-order valence-corrected chi connectivity index (χ4v) is 5.13. The average molecular weight is 499 g/mol. The molecule has 2 fully saturated rings. The minimum absolute atomic E-state index is 0. The van der Waals surface area contributed by atoms with Crippen molar-refractivity contribution < 1.29 is 4.74 Å². The molecule has 2 saturated heterocycles. The van der Waals surface area contributed by atoms with Gasteiger partial charge in [0.25, 0.3) is 0 Å². The Bertz CT molecular complexity index is 399. The second-order valence-corrected chi connectivity index (χ2v) is 8.47. The van der Waals surface area contributed by atoms with Gasteiger partial charge in [-0.2, -0.15) is 11.8 Å². The molecule has 2 aliphatic rings. The summed E-state index contributed by atoms with van der Waals surface area (Å²) in [6, 6.07) is 0.474. The normalized spacial score (nSPS) is 25.6. The lowest BCUT2D eigenvalue weighted by molar-refractivity contribution is -0.0104. The Balaban J connectivity index is 0.00000338. The third kappa shape index (κ3) is 7.72. The molecule has 2 heterocycles. The molecule has 7 heteroatoms. The highest BCUT2D eigenvalue weighted by atomic mass is 127. The first kappa shape index (κ1) is 24.3. The van der Waals surface area contributed by atoms with Crippen LogP contribution in [0, 0.1) is 0 Å². The summed E-state index contributed by atoms with van der Waals surface area (Å²) >= 11 is 2.07. The van der Waals surface area contributed by atoms with Crippen LogP contribution in [0.5, 0.6) is 0 Å². The van der Waals surface area contributed by atoms with Gasteiger partial charge in [-0.25, -0.2) is 0 Å². The van der Waals surface area contributed by atoms with E-state index in [1.54, 1.807) is 0 Å². The van der Waals surface area contributed by atoms with E-state index in [-0.39, 0.29) is 29.5 Å². The van der Waals surface area contributed by atoms with Crippen LogP contribution in [0.25, 0.3) is 0 Å². The highest BCUT2D eigenvalue weighted by Gasteiger charge is 2.40. The molecule has 26 heavy (non-hydrogen) atoms. The number of aliphatic imine (C=N–C) groups is 1. The van der Waals surface area contributed by atoms with Gasteiger partial charge in [0.2, 0.25) is 0 Å². The van der Waals surface area contributed by atoms with Crippen molar-refractivity contribution in [1.29, 1.82) is 0 Å². The van der Waals surface area contributed by atoms with Crippen LogP contribution in [0.4, 0.5) is 0 Å². The first-order valence-electron chi connectivity index (χ1n) is 10.2. The third-order valence-electron chi connectivity index (χ3n) is 5.26. The number of rotatable bonds is 9. The van der Waals surface area contributed by atoms with Gasteiger partial charge in [0.15, 0.2) is 5.96 Å². The van der Waals surface area contributed by atoms with Gasteiger partial charge in [-0.3, -0.25) is 9.89 Å². The van der Waals surface area contributed by atoms with E-state index in [4.69, 9.17) is 9.73 Å². The van der Waals surface area contributed by atoms with E-state index in [2.05, 4.69) is 48.1 Å². The lowest BCUT2D eigenvalue weighted by Crippen LogP contribution is -2.56. The molecular weight excluding hydrogens is 459 g/mol. The molecule has 5 nitrogen and oxygen atoms in total. The predicted octanol–water partition coefficient (Wildman–Crippen LogP) is 3.34. The van der Waals surface area contributed by atoms with Crippen LogP contribution in [0.2, 0.25) is 0 Å². The van der Waals surface area contributed by atoms with Gasteiger partial charge in [0.05, 0.1) is 25.3 Å². The minimum Gasteiger partial charge on any atom is -0.379 e. The number of hydrogen-bond donors (Lipinski definition) is 2. The molecule has 2 unspecified atom stereocenters. The highest BCUT2D eigenvalue weighted by molar-refractivity contribution is 14.0. The maximum absolute atomic E-state index is 5.56. The van der Waals surface area contributed by atoms with E-state index in [0.29, 0.717) is 6.04 Å². The molecule has 0 aromatic heterocycles. The molecule has 154 valence electrons. The van der Waals surface area contributed by atoms with Gasteiger partial charge in [-0.1, -0.05) is 26.2 Å². The van der Waals surface area contributed by atoms with Gasteiger partial charge < -0.3 is 15.4 Å². The number of guanidine groups is 1. The van der Waals surface area contributed by atoms with Crippen LogP contribution in [-0.4, -0.2) is 73.3 Å². The Morgan fingerprint density at radius 3 is 2.65 bits per heavy atom. The van der Waals surface area contributed by atoms with E-state index in [9.17, 15) is 0 Å². The SMILES string of the molecule is CCCCCC(C)NC(=NCC1(N2CCOCC2)CCSC1)NCC.I. The summed E-state index contributed by atoms with van der Waals surface area (Å²) in [6.45, 7) is 12.3. The molecule has 0 saturated carbocycles. The maximum atomic E-state index is 5.56. The maximum Gasteiger partial charge on any atom is 0.191 e. The molecule has 0 bridgehead atoms. The monoisotopic (exact) mass is 498 g/mol. The third-order valence-corrected chi connectivity index (χ3v) is 6.50. The van der Waals surface area contributed by atoms with Crippen molar-refractivity contribution in [2.45, 2.75) is 64.5 Å². The number of hydrogen-bond acceptors (Lipinski definition) is 4. The van der Waals surface area contributed by atoms with E-state index in [1.165, 1.54) is 43.6 Å². The number of halogens is 1. The molecule has 0 spiro atoms. The zero-order valence-electron chi connectivity index (χ0n) is 16.9. The number of nitrogens with zero attached hydrogens (tertiary/aromatic N) is 2. The zero-order chi connectivity index (χ0) is 18.0. The van der Waals surface area contributed by atoms with Crippen LogP contribution in [0.1, 0.15) is 52.9 Å². The van der Waals surface area contributed by atoms with Crippen LogP contribution in [0.3, 0.4) is 0 Å². The fraction of sp³-hybridized carbons (Fsp3) is 0.947. The molecule has 0 amide bonds. The van der Waals surface area contributed by atoms with Crippen molar-refractivity contribution in [3.05, 3.63) is 0 Å². The summed E-state index contributed by atoms with van der Waals surface area (Å²) in [5.41, 5.74) is 0.224. The summed E-state index contributed by atoms with van der Waals surface area (Å²) in [6.07, 6.45) is 6.34. The molecule has 2 rings (SSSR count). The Hall–Kier alpha value is 0.270. The lowest BCUT2D eigenvalue weighted by Gasteiger charge is -2.42. The van der Waals surface area contributed by atoms with E-state index in [1.807, 2.05) is 0 Å². The number of unbranched alkanes of at least 4 members (excludes halogenated alkanes) is 2. The summed E-state index contributed by atoms with van der Waals surface area (Å²) < 4.78 is 5.56. The van der Waals surface area contributed by atoms with Crippen LogP contribution in [0.15, 0.2) is 4.99 Å². The minimum atomic E-state index is 0. The molecule has 2 aliphatic heterocycles. The van der Waals surface area contributed by atoms with E-state index >= 15 is 0 Å². The van der Waals surface area contributed by atoms with Gasteiger partial charge in [-0.05, 0) is 32.4 Å². The molecule has 2 N–H and O–H groups in total. The highest BCUT2D eigenvalue weighted by Crippen LogP contribution is 2.34.